The summed E-state index contributed by atoms with van der Waals surface area (Å²) in [6, 6.07) is 13.1. The summed E-state index contributed by atoms with van der Waals surface area (Å²) >= 11 is 3.58. The van der Waals surface area contributed by atoms with Gasteiger partial charge in [-0.15, -0.1) is 0 Å². The minimum atomic E-state index is -1.54. The summed E-state index contributed by atoms with van der Waals surface area (Å²) in [4.78, 5) is 2.17. The van der Waals surface area contributed by atoms with Crippen LogP contribution in [0.25, 0.3) is 0 Å². The van der Waals surface area contributed by atoms with Crippen LogP contribution in [0.5, 0.6) is 0 Å². The second-order valence-electron chi connectivity index (χ2n) is 9.68. The molecule has 0 aliphatic heterocycles. The van der Waals surface area contributed by atoms with Crippen LogP contribution in [0, 0.1) is 5.92 Å². The largest absolute Gasteiger partial charge is 0.412 e. The fourth-order valence-corrected chi connectivity index (χ4v) is 9.03. The van der Waals surface area contributed by atoms with Gasteiger partial charge in [0.1, 0.15) is 0 Å². The van der Waals surface area contributed by atoms with Gasteiger partial charge in [-0.25, -0.2) is 0 Å². The maximum absolute atomic E-state index is 6.80. The van der Waals surface area contributed by atoms with Crippen LogP contribution in [0.15, 0.2) is 34.8 Å². The first-order chi connectivity index (χ1) is 13.8. The summed E-state index contributed by atoms with van der Waals surface area (Å²) in [7, 11) is -1.54. The highest BCUT2D eigenvalue weighted by Gasteiger charge is 2.35. The lowest BCUT2D eigenvalue weighted by Gasteiger charge is -2.38. The average Bonchev–Trinajstić information content (AvgIpc) is 2.72. The van der Waals surface area contributed by atoms with Gasteiger partial charge in [-0.3, -0.25) is 0 Å². The van der Waals surface area contributed by atoms with Gasteiger partial charge in [0.2, 0.25) is 0 Å². The van der Waals surface area contributed by atoms with Gasteiger partial charge in [0.05, 0.1) is 5.60 Å². The van der Waals surface area contributed by atoms with Crippen LogP contribution in [0.3, 0.4) is 0 Å². The van der Waals surface area contributed by atoms with Crippen molar-refractivity contribution in [3.63, 3.8) is 0 Å². The Hall–Kier alpha value is -0.383. The molecule has 3 heteroatoms. The molecule has 1 aliphatic rings. The number of allylic oxidation sites excluding steroid dienone is 1. The SMILES string of the molecule is CC[Si](CC)(CC)OC(C)(C)CCCc1cccc([C@H]2CCC/C(=C\Br)[C@@H]2C)c1. The number of halogens is 1. The highest BCUT2D eigenvalue weighted by Crippen LogP contribution is 2.41. The fraction of sp³-hybridized carbons (Fsp3) is 0.692. The zero-order valence-electron chi connectivity index (χ0n) is 19.7. The molecule has 0 saturated heterocycles. The van der Waals surface area contributed by atoms with E-state index in [0.29, 0.717) is 11.8 Å². The highest BCUT2D eigenvalue weighted by atomic mass is 79.9. The minimum Gasteiger partial charge on any atom is -0.412 e. The standard InChI is InChI=1S/C26H43BrOSi/c1-7-29(8-2,9-3)28-26(5,6)18-12-14-22-13-10-15-23(19-22)25-17-11-16-24(20-27)21(25)4/h10,13,15,19-21,25H,7-9,11-12,14,16-18H2,1-6H3/b24-20+/t21-,25-/m0/s1. The third kappa shape index (κ3) is 6.80. The Morgan fingerprint density at radius 2 is 1.86 bits per heavy atom. The van der Waals surface area contributed by atoms with E-state index in [9.17, 15) is 0 Å². The molecule has 0 radical (unpaired) electrons. The van der Waals surface area contributed by atoms with Crippen LogP contribution in [-0.2, 0) is 10.8 Å². The molecule has 0 spiro atoms. The van der Waals surface area contributed by atoms with Crippen molar-refractivity contribution >= 4 is 24.2 Å². The Morgan fingerprint density at radius 3 is 2.48 bits per heavy atom. The lowest BCUT2D eigenvalue weighted by molar-refractivity contribution is 0.0837. The number of hydrogen-bond acceptors (Lipinski definition) is 1. The molecule has 1 aromatic carbocycles. The van der Waals surface area contributed by atoms with E-state index in [1.54, 1.807) is 5.57 Å². The summed E-state index contributed by atoms with van der Waals surface area (Å²) in [5.74, 6) is 1.30. The molecule has 1 saturated carbocycles. The van der Waals surface area contributed by atoms with Crippen molar-refractivity contribution in [2.45, 2.75) is 110 Å². The predicted molar refractivity (Wildman–Crippen MR) is 135 cm³/mol. The monoisotopic (exact) mass is 478 g/mol. The number of hydrogen-bond donors (Lipinski definition) is 0. The smallest absolute Gasteiger partial charge is 0.192 e. The van der Waals surface area contributed by atoms with Gasteiger partial charge in [-0.05, 0) is 98.5 Å². The molecule has 1 nitrogen and oxygen atoms in total. The summed E-state index contributed by atoms with van der Waals surface area (Å²) in [5, 5.41) is 0. The third-order valence-corrected chi connectivity index (χ3v) is 12.8. The van der Waals surface area contributed by atoms with Crippen molar-refractivity contribution in [1.82, 2.24) is 0 Å². The van der Waals surface area contributed by atoms with E-state index in [1.165, 1.54) is 54.9 Å². The van der Waals surface area contributed by atoms with Crippen LogP contribution in [0.4, 0.5) is 0 Å². The van der Waals surface area contributed by atoms with E-state index in [4.69, 9.17) is 4.43 Å². The molecule has 0 N–H and O–H groups in total. The molecule has 0 heterocycles. The first-order valence-electron chi connectivity index (χ1n) is 11.9. The molecule has 2 rings (SSSR count). The number of benzene rings is 1. The molecule has 1 aliphatic carbocycles. The van der Waals surface area contributed by atoms with Crippen molar-refractivity contribution in [3.8, 4) is 0 Å². The van der Waals surface area contributed by atoms with E-state index in [2.05, 4.69) is 86.7 Å². The number of rotatable bonds is 10. The second kappa shape index (κ2) is 11.3. The average molecular weight is 480 g/mol. The molecule has 0 bridgehead atoms. The van der Waals surface area contributed by atoms with Crippen LogP contribution in [0.1, 0.15) is 90.7 Å². The van der Waals surface area contributed by atoms with Crippen molar-refractivity contribution in [3.05, 3.63) is 46.0 Å². The van der Waals surface area contributed by atoms with Crippen LogP contribution in [0.2, 0.25) is 18.1 Å². The van der Waals surface area contributed by atoms with Gasteiger partial charge in [0, 0.05) is 0 Å². The molecular formula is C26H43BrOSi. The molecule has 164 valence electrons. The fourth-order valence-electron chi connectivity index (χ4n) is 5.17. The highest BCUT2D eigenvalue weighted by molar-refractivity contribution is 9.11. The Morgan fingerprint density at radius 1 is 1.17 bits per heavy atom. The maximum atomic E-state index is 6.80. The number of aryl methyl sites for hydroxylation is 1. The lowest BCUT2D eigenvalue weighted by Crippen LogP contribution is -2.44. The Balaban J connectivity index is 1.97. The van der Waals surface area contributed by atoms with Crippen LogP contribution < -0.4 is 0 Å². The molecule has 1 fully saturated rings. The van der Waals surface area contributed by atoms with Crippen molar-refractivity contribution < 1.29 is 4.43 Å². The van der Waals surface area contributed by atoms with E-state index in [1.807, 2.05) is 0 Å². The van der Waals surface area contributed by atoms with Crippen molar-refractivity contribution in [2.24, 2.45) is 5.92 Å². The molecule has 1 aromatic rings. The minimum absolute atomic E-state index is 0.000676. The zero-order chi connectivity index (χ0) is 21.5. The Bertz CT molecular complexity index is 654. The molecule has 0 aromatic heterocycles. The molecule has 0 amide bonds. The Labute approximate surface area is 190 Å². The van der Waals surface area contributed by atoms with Crippen LogP contribution >= 0.6 is 15.9 Å². The van der Waals surface area contributed by atoms with Crippen molar-refractivity contribution in [2.75, 3.05) is 0 Å². The molecular weight excluding hydrogens is 436 g/mol. The van der Waals surface area contributed by atoms with E-state index in [-0.39, 0.29) is 5.60 Å². The predicted octanol–water partition coefficient (Wildman–Crippen LogP) is 8.99. The first kappa shape index (κ1) is 24.9. The third-order valence-electron chi connectivity index (χ3n) is 7.36. The zero-order valence-corrected chi connectivity index (χ0v) is 22.3. The second-order valence-corrected chi connectivity index (χ2v) is 14.8. The van der Waals surface area contributed by atoms with E-state index in [0.717, 1.165) is 12.8 Å². The summed E-state index contributed by atoms with van der Waals surface area (Å²) in [6.07, 6.45) is 7.36. The van der Waals surface area contributed by atoms with Gasteiger partial charge in [0.15, 0.2) is 8.32 Å². The Kier molecular flexibility index (Phi) is 9.69. The molecule has 0 unspecified atom stereocenters. The first-order valence-corrected chi connectivity index (χ1v) is 15.3. The lowest BCUT2D eigenvalue weighted by atomic mass is 9.74. The molecule has 29 heavy (non-hydrogen) atoms. The topological polar surface area (TPSA) is 9.23 Å². The quantitative estimate of drug-likeness (QED) is 0.304. The maximum Gasteiger partial charge on any atom is 0.192 e. The summed E-state index contributed by atoms with van der Waals surface area (Å²) in [5.41, 5.74) is 4.59. The van der Waals surface area contributed by atoms with Crippen LogP contribution in [-0.4, -0.2) is 13.9 Å². The van der Waals surface area contributed by atoms with E-state index >= 15 is 0 Å². The summed E-state index contributed by atoms with van der Waals surface area (Å²) in [6.45, 7) is 14.0. The van der Waals surface area contributed by atoms with Gasteiger partial charge in [0.25, 0.3) is 0 Å². The van der Waals surface area contributed by atoms with E-state index < -0.39 is 8.32 Å². The van der Waals surface area contributed by atoms with Gasteiger partial charge >= 0.3 is 0 Å². The molecule has 2 atom stereocenters. The van der Waals surface area contributed by atoms with Crippen molar-refractivity contribution in [1.29, 1.82) is 0 Å². The van der Waals surface area contributed by atoms with Gasteiger partial charge in [-0.1, -0.05) is 73.5 Å². The van der Waals surface area contributed by atoms with Gasteiger partial charge in [-0.2, -0.15) is 0 Å². The normalized spacial score (nSPS) is 22.2. The van der Waals surface area contributed by atoms with Gasteiger partial charge < -0.3 is 4.43 Å². The summed E-state index contributed by atoms with van der Waals surface area (Å²) < 4.78 is 6.80.